The van der Waals surface area contributed by atoms with Gasteiger partial charge in [-0.25, -0.2) is 14.0 Å². The van der Waals surface area contributed by atoms with Crippen LogP contribution < -0.4 is 5.32 Å². The number of urea groups is 1. The molecule has 0 unspecified atom stereocenters. The van der Waals surface area contributed by atoms with Gasteiger partial charge in [0.25, 0.3) is 0 Å². The summed E-state index contributed by atoms with van der Waals surface area (Å²) in [5.41, 5.74) is 3.31. The van der Waals surface area contributed by atoms with Crippen molar-refractivity contribution in [1.82, 2.24) is 15.1 Å². The number of fused-ring (bicyclic) bond motifs is 4. The van der Waals surface area contributed by atoms with Crippen LogP contribution in [0.1, 0.15) is 45.9 Å². The Morgan fingerprint density at radius 1 is 1.06 bits per heavy atom. The minimum Gasteiger partial charge on any atom is -0.465 e. The van der Waals surface area contributed by atoms with E-state index in [1.54, 1.807) is 18.2 Å². The lowest BCUT2D eigenvalue weighted by molar-refractivity contribution is 0.0600. The maximum atomic E-state index is 13.6. The van der Waals surface area contributed by atoms with Crippen LogP contribution in [0, 0.1) is 11.7 Å². The van der Waals surface area contributed by atoms with Crippen LogP contribution in [0.25, 0.3) is 0 Å². The van der Waals surface area contributed by atoms with Crippen LogP contribution in [-0.4, -0.2) is 61.1 Å². The second-order valence-corrected chi connectivity index (χ2v) is 9.00. The summed E-state index contributed by atoms with van der Waals surface area (Å²) in [7, 11) is 1.36. The van der Waals surface area contributed by atoms with Gasteiger partial charge in [0.2, 0.25) is 0 Å². The van der Waals surface area contributed by atoms with Crippen LogP contribution in [0.4, 0.5) is 9.18 Å². The highest BCUT2D eigenvalue weighted by Crippen LogP contribution is 2.36. The zero-order valence-corrected chi connectivity index (χ0v) is 18.2. The molecule has 6 nitrogen and oxygen atoms in total. The summed E-state index contributed by atoms with van der Waals surface area (Å²) in [5.74, 6) is -0.157. The van der Waals surface area contributed by atoms with Crippen LogP contribution in [0.3, 0.4) is 0 Å². The SMILES string of the molecule is COC(=O)c1ccc2c(c1)CCN(C(=O)N[C@@H]1CN3CCC1CC3)[C@H]2c1ccc(F)cc1. The van der Waals surface area contributed by atoms with Crippen molar-refractivity contribution in [3.8, 4) is 0 Å². The van der Waals surface area contributed by atoms with Crippen molar-refractivity contribution in [3.63, 3.8) is 0 Å². The number of rotatable bonds is 3. The zero-order chi connectivity index (χ0) is 22.2. The second-order valence-electron chi connectivity index (χ2n) is 9.00. The van der Waals surface area contributed by atoms with Crippen molar-refractivity contribution in [2.45, 2.75) is 31.3 Å². The molecule has 4 aliphatic heterocycles. The molecule has 168 valence electrons. The number of hydrogen-bond donors (Lipinski definition) is 1. The van der Waals surface area contributed by atoms with Gasteiger partial charge in [0.05, 0.1) is 18.7 Å². The number of benzene rings is 2. The molecule has 0 saturated carbocycles. The Hall–Kier alpha value is -2.93. The molecular formula is C25H28FN3O3. The van der Waals surface area contributed by atoms with Gasteiger partial charge in [0.15, 0.2) is 0 Å². The first-order valence-corrected chi connectivity index (χ1v) is 11.3. The van der Waals surface area contributed by atoms with E-state index in [-0.39, 0.29) is 29.9 Å². The fourth-order valence-electron chi connectivity index (χ4n) is 5.47. The summed E-state index contributed by atoms with van der Waals surface area (Å²) in [6.07, 6.45) is 2.91. The van der Waals surface area contributed by atoms with E-state index in [9.17, 15) is 14.0 Å². The normalized spacial score (nSPS) is 26.4. The third-order valence-corrected chi connectivity index (χ3v) is 7.20. The molecule has 2 bridgehead atoms. The maximum Gasteiger partial charge on any atom is 0.337 e. The Morgan fingerprint density at radius 3 is 2.47 bits per heavy atom. The predicted octanol–water partition coefficient (Wildman–Crippen LogP) is 3.36. The Labute approximate surface area is 187 Å². The largest absolute Gasteiger partial charge is 0.465 e. The smallest absolute Gasteiger partial charge is 0.337 e. The van der Waals surface area contributed by atoms with E-state index in [0.29, 0.717) is 24.4 Å². The van der Waals surface area contributed by atoms with E-state index in [0.717, 1.165) is 49.2 Å². The van der Waals surface area contributed by atoms with Crippen LogP contribution in [-0.2, 0) is 11.2 Å². The van der Waals surface area contributed by atoms with Gasteiger partial charge in [-0.15, -0.1) is 0 Å². The van der Waals surface area contributed by atoms with Gasteiger partial charge >= 0.3 is 12.0 Å². The number of methoxy groups -OCH3 is 1. The average molecular weight is 438 g/mol. The van der Waals surface area contributed by atoms with Crippen LogP contribution in [0.15, 0.2) is 42.5 Å². The lowest BCUT2D eigenvalue weighted by Crippen LogP contribution is -2.59. The minimum atomic E-state index is -0.381. The van der Waals surface area contributed by atoms with E-state index in [1.807, 2.05) is 17.0 Å². The number of carbonyl (C=O) groups is 2. The van der Waals surface area contributed by atoms with Gasteiger partial charge in [-0.3, -0.25) is 0 Å². The molecule has 2 aromatic carbocycles. The summed E-state index contributed by atoms with van der Waals surface area (Å²) in [6, 6.07) is 11.5. The van der Waals surface area contributed by atoms with Crippen LogP contribution in [0.2, 0.25) is 0 Å². The molecule has 4 heterocycles. The van der Waals surface area contributed by atoms with Crippen molar-refractivity contribution >= 4 is 12.0 Å². The van der Waals surface area contributed by atoms with Gasteiger partial charge < -0.3 is 19.9 Å². The Morgan fingerprint density at radius 2 is 1.81 bits per heavy atom. The predicted molar refractivity (Wildman–Crippen MR) is 118 cm³/mol. The Bertz CT molecular complexity index is 1020. The average Bonchev–Trinajstić information content (AvgIpc) is 2.83. The molecule has 0 aromatic heterocycles. The molecule has 6 rings (SSSR count). The molecule has 1 N–H and O–H groups in total. The molecule has 2 amide bonds. The van der Waals surface area contributed by atoms with Crippen molar-refractivity contribution in [1.29, 1.82) is 0 Å². The quantitative estimate of drug-likeness (QED) is 0.748. The lowest BCUT2D eigenvalue weighted by Gasteiger charge is -2.46. The number of nitrogens with one attached hydrogen (secondary N) is 1. The summed E-state index contributed by atoms with van der Waals surface area (Å²) in [4.78, 5) is 29.7. The first-order chi connectivity index (χ1) is 15.5. The number of hydrogen-bond acceptors (Lipinski definition) is 4. The first kappa shape index (κ1) is 20.9. The van der Waals surface area contributed by atoms with Gasteiger partial charge in [-0.05, 0) is 79.2 Å². The number of ether oxygens (including phenoxy) is 1. The summed E-state index contributed by atoms with van der Waals surface area (Å²) in [5, 5.41) is 3.30. The van der Waals surface area contributed by atoms with E-state index in [2.05, 4.69) is 10.2 Å². The zero-order valence-electron chi connectivity index (χ0n) is 18.2. The Balaban J connectivity index is 1.46. The number of amides is 2. The van der Waals surface area contributed by atoms with Crippen LogP contribution in [0.5, 0.6) is 0 Å². The number of halogens is 1. The fourth-order valence-corrected chi connectivity index (χ4v) is 5.47. The second kappa shape index (κ2) is 8.54. The molecule has 4 aliphatic rings. The third-order valence-electron chi connectivity index (χ3n) is 7.20. The van der Waals surface area contributed by atoms with Crippen molar-refractivity contribution in [2.24, 2.45) is 5.92 Å². The molecule has 32 heavy (non-hydrogen) atoms. The highest BCUT2D eigenvalue weighted by molar-refractivity contribution is 5.89. The van der Waals surface area contributed by atoms with Gasteiger partial charge in [-0.2, -0.15) is 0 Å². The van der Waals surface area contributed by atoms with E-state index in [4.69, 9.17) is 4.74 Å². The number of piperidine rings is 3. The molecule has 3 fully saturated rings. The summed E-state index contributed by atoms with van der Waals surface area (Å²) < 4.78 is 18.5. The molecule has 2 aromatic rings. The highest BCUT2D eigenvalue weighted by Gasteiger charge is 2.38. The topological polar surface area (TPSA) is 61.9 Å². The molecule has 7 heteroatoms. The van der Waals surface area contributed by atoms with E-state index in [1.165, 1.54) is 19.2 Å². The molecule has 2 atom stereocenters. The molecule has 0 aliphatic carbocycles. The number of nitrogens with zero attached hydrogens (tertiary/aromatic N) is 2. The van der Waals surface area contributed by atoms with Crippen LogP contribution >= 0.6 is 0 Å². The van der Waals surface area contributed by atoms with Crippen molar-refractivity contribution in [2.75, 3.05) is 33.3 Å². The molecule has 0 radical (unpaired) electrons. The first-order valence-electron chi connectivity index (χ1n) is 11.3. The monoisotopic (exact) mass is 437 g/mol. The van der Waals surface area contributed by atoms with Gasteiger partial charge in [0, 0.05) is 19.1 Å². The maximum absolute atomic E-state index is 13.6. The standard InChI is InChI=1S/C25H28FN3O3/c1-32-24(30)19-4-7-21-18(14-19)10-13-29(23(21)17-2-5-20(26)6-3-17)25(31)27-22-15-28-11-8-16(22)9-12-28/h2-7,14,16,22-23H,8-13,15H2,1H3,(H,27,31)/t22-,23+/m1/s1. The fraction of sp³-hybridized carbons (Fsp3) is 0.440. The number of carbonyl (C=O) groups excluding carboxylic acids is 2. The number of esters is 1. The molecule has 3 saturated heterocycles. The van der Waals surface area contributed by atoms with Gasteiger partial charge in [-0.1, -0.05) is 18.2 Å². The molecular weight excluding hydrogens is 409 g/mol. The Kier molecular flexibility index (Phi) is 5.59. The minimum absolute atomic E-state index is 0.0826. The van der Waals surface area contributed by atoms with Crippen molar-refractivity contribution in [3.05, 3.63) is 70.5 Å². The highest BCUT2D eigenvalue weighted by atomic mass is 19.1. The van der Waals surface area contributed by atoms with E-state index < -0.39 is 0 Å². The summed E-state index contributed by atoms with van der Waals surface area (Å²) in [6.45, 7) is 3.67. The van der Waals surface area contributed by atoms with Crippen molar-refractivity contribution < 1.29 is 18.7 Å². The molecule has 0 spiro atoms. The van der Waals surface area contributed by atoms with Gasteiger partial charge in [0.1, 0.15) is 5.82 Å². The van der Waals surface area contributed by atoms with E-state index >= 15 is 0 Å². The third kappa shape index (κ3) is 3.86. The lowest BCUT2D eigenvalue weighted by atomic mass is 9.84. The summed E-state index contributed by atoms with van der Waals surface area (Å²) >= 11 is 0.